The average molecular weight is 580 g/mol. The molecule has 0 saturated heterocycles. The summed E-state index contributed by atoms with van der Waals surface area (Å²) >= 11 is 0. The molecule has 1 aliphatic carbocycles. The van der Waals surface area contributed by atoms with E-state index in [1.54, 1.807) is 30.3 Å². The molecular formula is C30H45N9O3. The molecule has 3 rings (SSSR count). The highest BCUT2D eigenvalue weighted by Gasteiger charge is 2.25. The van der Waals surface area contributed by atoms with Gasteiger partial charge >= 0.3 is 0 Å². The van der Waals surface area contributed by atoms with E-state index in [-0.39, 0.29) is 23.9 Å². The fourth-order valence-corrected chi connectivity index (χ4v) is 4.66. The van der Waals surface area contributed by atoms with Crippen LogP contribution in [0.2, 0.25) is 0 Å². The van der Waals surface area contributed by atoms with Crippen molar-refractivity contribution in [1.29, 1.82) is 0 Å². The van der Waals surface area contributed by atoms with E-state index in [9.17, 15) is 14.4 Å². The molecule has 7 N–H and O–H groups in total. The van der Waals surface area contributed by atoms with E-state index in [0.29, 0.717) is 41.7 Å². The summed E-state index contributed by atoms with van der Waals surface area (Å²) in [5, 5.41) is 16.0. The molecule has 0 bridgehead atoms. The molecule has 1 saturated carbocycles. The number of nitrogens with zero attached hydrogens (tertiary/aromatic N) is 3. The number of likely N-dealkylation sites (N-methyl/N-ethyl adjacent to an activating group) is 1. The van der Waals surface area contributed by atoms with Crippen molar-refractivity contribution >= 4 is 35.2 Å². The maximum atomic E-state index is 13.0. The van der Waals surface area contributed by atoms with Gasteiger partial charge in [-0.3, -0.25) is 14.4 Å². The second-order valence-corrected chi connectivity index (χ2v) is 10.7. The number of carbonyl (C=O) groups is 3. The monoisotopic (exact) mass is 579 g/mol. The van der Waals surface area contributed by atoms with Gasteiger partial charge in [0.2, 0.25) is 17.8 Å². The third-order valence-electron chi connectivity index (χ3n) is 6.88. The van der Waals surface area contributed by atoms with Crippen LogP contribution in [-0.2, 0) is 4.79 Å². The quantitative estimate of drug-likeness (QED) is 0.129. The van der Waals surface area contributed by atoms with E-state index >= 15 is 0 Å². The fourth-order valence-electron chi connectivity index (χ4n) is 4.66. The molecule has 0 aliphatic heterocycles. The topological polar surface area (TPSA) is 166 Å². The summed E-state index contributed by atoms with van der Waals surface area (Å²) in [5.74, 6) is -0.0401. The van der Waals surface area contributed by atoms with Gasteiger partial charge in [0.1, 0.15) is 11.4 Å². The number of nitrogens with two attached hydrogens (primary N) is 1. The molecule has 1 fully saturated rings. The number of aromatic nitrogens is 2. The van der Waals surface area contributed by atoms with Gasteiger partial charge < -0.3 is 37.2 Å². The summed E-state index contributed by atoms with van der Waals surface area (Å²) in [6, 6.07) is 6.97. The molecule has 1 aromatic carbocycles. The lowest BCUT2D eigenvalue weighted by Crippen LogP contribution is -2.51. The first-order valence-electron chi connectivity index (χ1n) is 14.7. The van der Waals surface area contributed by atoms with Crippen molar-refractivity contribution in [1.82, 2.24) is 30.8 Å². The Labute approximate surface area is 248 Å². The van der Waals surface area contributed by atoms with Gasteiger partial charge in [-0.1, -0.05) is 25.8 Å². The number of hydrogen-bond acceptors (Lipinski definition) is 9. The molecule has 0 spiro atoms. The van der Waals surface area contributed by atoms with Crippen molar-refractivity contribution in [3.63, 3.8) is 0 Å². The van der Waals surface area contributed by atoms with Gasteiger partial charge in [0.15, 0.2) is 0 Å². The molecule has 3 amide bonds. The Hall–Kier alpha value is -4.03. The maximum absolute atomic E-state index is 13.0. The predicted molar refractivity (Wildman–Crippen MR) is 166 cm³/mol. The third kappa shape index (κ3) is 10.7. The van der Waals surface area contributed by atoms with Crippen LogP contribution >= 0.6 is 0 Å². The zero-order valence-corrected chi connectivity index (χ0v) is 24.9. The smallest absolute Gasteiger partial charge is 0.256 e. The Bertz CT molecular complexity index is 1200. The van der Waals surface area contributed by atoms with Crippen molar-refractivity contribution in [3.05, 3.63) is 53.7 Å². The number of amides is 3. The molecule has 1 aromatic heterocycles. The van der Waals surface area contributed by atoms with Crippen molar-refractivity contribution in [2.45, 2.75) is 57.5 Å². The maximum Gasteiger partial charge on any atom is 0.256 e. The molecule has 12 heteroatoms. The SMILES string of the molecule is CCCNc1nc(Nc2ccc(C(N)=O)cc2)ncc1C(=O)NCCCN[C@H]1CCCC[C@@H]1NC(=O)/C=C/CN(C)C. The van der Waals surface area contributed by atoms with Crippen LogP contribution in [0.3, 0.4) is 0 Å². The van der Waals surface area contributed by atoms with Gasteiger partial charge in [-0.25, -0.2) is 4.98 Å². The van der Waals surface area contributed by atoms with E-state index in [1.807, 2.05) is 32.0 Å². The van der Waals surface area contributed by atoms with E-state index < -0.39 is 5.91 Å². The minimum absolute atomic E-state index is 0.0558. The Morgan fingerprint density at radius 3 is 2.48 bits per heavy atom. The van der Waals surface area contributed by atoms with Crippen LogP contribution in [0, 0.1) is 0 Å². The van der Waals surface area contributed by atoms with E-state index in [0.717, 1.165) is 51.6 Å². The Kier molecular flexibility index (Phi) is 13.2. The van der Waals surface area contributed by atoms with Crippen LogP contribution in [0.5, 0.6) is 0 Å². The molecule has 2 aromatic rings. The van der Waals surface area contributed by atoms with Crippen LogP contribution < -0.4 is 32.3 Å². The number of carbonyl (C=O) groups excluding carboxylic acids is 3. The molecular weight excluding hydrogens is 534 g/mol. The summed E-state index contributed by atoms with van der Waals surface area (Å²) in [6.45, 7) is 4.62. The van der Waals surface area contributed by atoms with Gasteiger partial charge in [0, 0.05) is 55.2 Å². The lowest BCUT2D eigenvalue weighted by molar-refractivity contribution is -0.117. The molecule has 0 unspecified atom stereocenters. The highest BCUT2D eigenvalue weighted by atomic mass is 16.2. The van der Waals surface area contributed by atoms with Crippen LogP contribution in [0.25, 0.3) is 0 Å². The first-order chi connectivity index (χ1) is 20.3. The van der Waals surface area contributed by atoms with Crippen molar-refractivity contribution in [2.24, 2.45) is 5.73 Å². The second kappa shape index (κ2) is 17.0. The van der Waals surface area contributed by atoms with Crippen molar-refractivity contribution in [3.8, 4) is 0 Å². The largest absolute Gasteiger partial charge is 0.369 e. The summed E-state index contributed by atoms with van der Waals surface area (Å²) in [5.41, 5.74) is 6.76. The van der Waals surface area contributed by atoms with Crippen LogP contribution in [-0.4, -0.2) is 84.9 Å². The van der Waals surface area contributed by atoms with Gasteiger partial charge in [-0.15, -0.1) is 0 Å². The highest BCUT2D eigenvalue weighted by molar-refractivity contribution is 5.98. The molecule has 2 atom stereocenters. The number of primary amides is 1. The number of benzene rings is 1. The highest BCUT2D eigenvalue weighted by Crippen LogP contribution is 2.20. The summed E-state index contributed by atoms with van der Waals surface area (Å²) in [7, 11) is 3.93. The number of rotatable bonds is 16. The number of anilines is 3. The van der Waals surface area contributed by atoms with Crippen LogP contribution in [0.15, 0.2) is 42.6 Å². The second-order valence-electron chi connectivity index (χ2n) is 10.7. The van der Waals surface area contributed by atoms with Gasteiger partial charge in [-0.05, 0) is 70.6 Å². The molecule has 228 valence electrons. The molecule has 1 aliphatic rings. The summed E-state index contributed by atoms with van der Waals surface area (Å²) in [6.07, 6.45) is 10.8. The zero-order chi connectivity index (χ0) is 30.3. The average Bonchev–Trinajstić information content (AvgIpc) is 2.96. The van der Waals surface area contributed by atoms with Gasteiger partial charge in [0.05, 0.1) is 0 Å². The number of hydrogen-bond donors (Lipinski definition) is 6. The third-order valence-corrected chi connectivity index (χ3v) is 6.88. The number of nitrogens with one attached hydrogen (secondary N) is 5. The molecule has 0 radical (unpaired) electrons. The molecule has 1 heterocycles. The van der Waals surface area contributed by atoms with Crippen LogP contribution in [0.1, 0.15) is 66.2 Å². The summed E-state index contributed by atoms with van der Waals surface area (Å²) in [4.78, 5) is 47.5. The molecule has 12 nitrogen and oxygen atoms in total. The van der Waals surface area contributed by atoms with Crippen molar-refractivity contribution in [2.75, 3.05) is 50.9 Å². The zero-order valence-electron chi connectivity index (χ0n) is 24.9. The Balaban J connectivity index is 1.49. The predicted octanol–water partition coefficient (Wildman–Crippen LogP) is 2.40. The standard InChI is InChI=1S/C30H45N9O3/c1-4-16-33-28-23(20-35-30(38-28)36-22-14-12-21(13-15-22)27(31)41)29(42)34-18-8-17-32-24-9-5-6-10-25(24)37-26(40)11-7-19-39(2)3/h7,11-15,20,24-25,32H,4-6,8-10,16-19H2,1-3H3,(H2,31,41)(H,34,42)(H,37,40)(H2,33,35,36,38)/b11-7+/t24-,25-/m0/s1. The summed E-state index contributed by atoms with van der Waals surface area (Å²) < 4.78 is 0. The Morgan fingerprint density at radius 2 is 1.79 bits per heavy atom. The van der Waals surface area contributed by atoms with Crippen molar-refractivity contribution < 1.29 is 14.4 Å². The van der Waals surface area contributed by atoms with Gasteiger partial charge in [-0.2, -0.15) is 4.98 Å². The van der Waals surface area contributed by atoms with Crippen LogP contribution in [0.4, 0.5) is 17.5 Å². The van der Waals surface area contributed by atoms with E-state index in [1.165, 1.54) is 6.20 Å². The van der Waals surface area contributed by atoms with E-state index in [4.69, 9.17) is 5.73 Å². The minimum atomic E-state index is -0.499. The van der Waals surface area contributed by atoms with E-state index in [2.05, 4.69) is 36.6 Å². The lowest BCUT2D eigenvalue weighted by Gasteiger charge is -2.32. The first kappa shape index (κ1) is 32.5. The lowest BCUT2D eigenvalue weighted by atomic mass is 9.90. The van der Waals surface area contributed by atoms with Gasteiger partial charge in [0.25, 0.3) is 5.91 Å². The molecule has 42 heavy (non-hydrogen) atoms. The Morgan fingerprint density at radius 1 is 1.05 bits per heavy atom. The first-order valence-corrected chi connectivity index (χ1v) is 14.7. The minimum Gasteiger partial charge on any atom is -0.369 e. The fraction of sp³-hybridized carbons (Fsp3) is 0.500. The normalized spacial score (nSPS) is 16.8.